The minimum Gasteiger partial charge on any atom is -0.375 e. The van der Waals surface area contributed by atoms with Gasteiger partial charge in [-0.05, 0) is 37.9 Å². The van der Waals surface area contributed by atoms with Crippen molar-refractivity contribution in [3.8, 4) is 0 Å². The number of para-hydroxylation sites is 1. The van der Waals surface area contributed by atoms with Crippen molar-refractivity contribution in [3.05, 3.63) is 30.3 Å². The number of unbranched alkanes of at least 4 members (excludes halogenated alkanes) is 1. The number of rotatable bonds is 9. The van der Waals surface area contributed by atoms with Crippen LogP contribution in [0.1, 0.15) is 25.7 Å². The number of hydrogen-bond acceptors (Lipinski definition) is 3. The van der Waals surface area contributed by atoms with Crippen molar-refractivity contribution in [1.82, 2.24) is 5.32 Å². The first-order chi connectivity index (χ1) is 9.24. The molecule has 0 aliphatic carbocycles. The number of amides is 1. The van der Waals surface area contributed by atoms with Crippen LogP contribution in [0.2, 0.25) is 0 Å². The van der Waals surface area contributed by atoms with Crippen molar-refractivity contribution in [2.75, 3.05) is 31.6 Å². The van der Waals surface area contributed by atoms with Gasteiger partial charge in [0.2, 0.25) is 5.91 Å². The number of nitrogens with zero attached hydrogens (tertiary/aromatic N) is 1. The number of nitrogens with one attached hydrogen (secondary N) is 1. The number of carbonyl (C=O) groups is 1. The molecule has 6 heteroatoms. The van der Waals surface area contributed by atoms with Crippen LogP contribution in [0.15, 0.2) is 30.3 Å². The van der Waals surface area contributed by atoms with E-state index >= 15 is 0 Å². The minimum atomic E-state index is 0. The molecule has 3 N–H and O–H groups in total. The summed E-state index contributed by atoms with van der Waals surface area (Å²) in [6.07, 6.45) is 3.39. The Balaban J connectivity index is 0. The molecule has 1 rings (SSSR count). The smallest absolute Gasteiger partial charge is 0.220 e. The molecule has 0 bridgehead atoms. The summed E-state index contributed by atoms with van der Waals surface area (Å²) in [4.78, 5) is 13.6. The summed E-state index contributed by atoms with van der Waals surface area (Å²) < 4.78 is 0. The van der Waals surface area contributed by atoms with Gasteiger partial charge < -0.3 is 16.0 Å². The van der Waals surface area contributed by atoms with Crippen LogP contribution in [0.25, 0.3) is 0 Å². The maximum atomic E-state index is 11.3. The predicted octanol–water partition coefficient (Wildman–Crippen LogP) is 2.60. The van der Waals surface area contributed by atoms with Crippen LogP contribution in [0.3, 0.4) is 0 Å². The summed E-state index contributed by atoms with van der Waals surface area (Å²) in [6, 6.07) is 10.3. The highest BCUT2D eigenvalue weighted by Crippen LogP contribution is 2.11. The van der Waals surface area contributed by atoms with E-state index in [-0.39, 0.29) is 30.7 Å². The zero-order valence-electron chi connectivity index (χ0n) is 12.6. The standard InChI is InChI=1S/C15H25N3O.2ClH/c1-18(14-8-3-2-4-9-14)13-6-5-12-17-15(19)10-7-11-16;;/h2-4,8-9H,5-7,10-13,16H2,1H3,(H,17,19);2*1H. The van der Waals surface area contributed by atoms with Gasteiger partial charge in [-0.2, -0.15) is 0 Å². The van der Waals surface area contributed by atoms with E-state index in [9.17, 15) is 4.79 Å². The molecule has 21 heavy (non-hydrogen) atoms. The summed E-state index contributed by atoms with van der Waals surface area (Å²) in [5.74, 6) is 0.113. The van der Waals surface area contributed by atoms with Gasteiger partial charge in [-0.25, -0.2) is 0 Å². The van der Waals surface area contributed by atoms with Gasteiger partial charge in [0, 0.05) is 32.2 Å². The number of halogens is 2. The van der Waals surface area contributed by atoms with E-state index in [1.807, 2.05) is 18.2 Å². The van der Waals surface area contributed by atoms with Gasteiger partial charge in [-0.15, -0.1) is 24.8 Å². The van der Waals surface area contributed by atoms with Crippen molar-refractivity contribution < 1.29 is 4.79 Å². The van der Waals surface area contributed by atoms with E-state index < -0.39 is 0 Å². The average molecular weight is 336 g/mol. The quantitative estimate of drug-likeness (QED) is 0.682. The van der Waals surface area contributed by atoms with Crippen molar-refractivity contribution in [2.24, 2.45) is 5.73 Å². The summed E-state index contributed by atoms with van der Waals surface area (Å²) in [5.41, 5.74) is 6.59. The molecule has 0 radical (unpaired) electrons. The van der Waals surface area contributed by atoms with Crippen molar-refractivity contribution in [2.45, 2.75) is 25.7 Å². The molecule has 0 fully saturated rings. The molecule has 4 nitrogen and oxygen atoms in total. The van der Waals surface area contributed by atoms with Crippen LogP contribution >= 0.6 is 24.8 Å². The molecule has 0 atom stereocenters. The number of nitrogens with two attached hydrogens (primary N) is 1. The van der Waals surface area contributed by atoms with Crippen molar-refractivity contribution in [1.29, 1.82) is 0 Å². The first-order valence-corrected chi connectivity index (χ1v) is 6.97. The molecule has 0 saturated heterocycles. The molecule has 0 aromatic heterocycles. The normalized spacial score (nSPS) is 9.24. The van der Waals surface area contributed by atoms with Crippen molar-refractivity contribution in [3.63, 3.8) is 0 Å². The summed E-state index contributed by atoms with van der Waals surface area (Å²) in [6.45, 7) is 2.34. The summed E-state index contributed by atoms with van der Waals surface area (Å²) in [5, 5.41) is 2.92. The van der Waals surface area contributed by atoms with E-state index in [1.165, 1.54) is 5.69 Å². The molecule has 122 valence electrons. The molecule has 0 saturated carbocycles. The van der Waals surface area contributed by atoms with Crippen LogP contribution in [0, 0.1) is 0 Å². The van der Waals surface area contributed by atoms with Crippen LogP contribution in [0.5, 0.6) is 0 Å². The molecule has 0 aliphatic heterocycles. The SMILES string of the molecule is CN(CCCCNC(=O)CCCN)c1ccccc1.Cl.Cl. The summed E-state index contributed by atoms with van der Waals surface area (Å²) in [7, 11) is 2.09. The fourth-order valence-corrected chi connectivity index (χ4v) is 1.86. The zero-order chi connectivity index (χ0) is 13.9. The Morgan fingerprint density at radius 1 is 1.14 bits per heavy atom. The lowest BCUT2D eigenvalue weighted by Crippen LogP contribution is -2.26. The number of carbonyl (C=O) groups excluding carboxylic acids is 1. The van der Waals surface area contributed by atoms with Gasteiger partial charge in [0.05, 0.1) is 0 Å². The fourth-order valence-electron chi connectivity index (χ4n) is 1.86. The van der Waals surface area contributed by atoms with Gasteiger partial charge in [0.15, 0.2) is 0 Å². The molecular formula is C15H27Cl2N3O. The van der Waals surface area contributed by atoms with E-state index in [2.05, 4.69) is 29.4 Å². The highest BCUT2D eigenvalue weighted by atomic mass is 35.5. The van der Waals surface area contributed by atoms with Gasteiger partial charge in [-0.1, -0.05) is 18.2 Å². The molecule has 0 aliphatic rings. The molecule has 1 aromatic rings. The highest BCUT2D eigenvalue weighted by Gasteiger charge is 2.01. The third-order valence-corrected chi connectivity index (χ3v) is 3.05. The average Bonchev–Trinajstić information content (AvgIpc) is 2.45. The first-order valence-electron chi connectivity index (χ1n) is 6.97. The van der Waals surface area contributed by atoms with E-state index in [4.69, 9.17) is 5.73 Å². The van der Waals surface area contributed by atoms with Gasteiger partial charge in [-0.3, -0.25) is 4.79 Å². The Morgan fingerprint density at radius 2 is 1.81 bits per heavy atom. The molecule has 1 aromatic carbocycles. The number of anilines is 1. The lowest BCUT2D eigenvalue weighted by Gasteiger charge is -2.19. The van der Waals surface area contributed by atoms with Crippen molar-refractivity contribution >= 4 is 36.4 Å². The molecule has 0 unspecified atom stereocenters. The second kappa shape index (κ2) is 14.0. The lowest BCUT2D eigenvalue weighted by molar-refractivity contribution is -0.121. The largest absolute Gasteiger partial charge is 0.375 e. The topological polar surface area (TPSA) is 58.4 Å². The first kappa shape index (κ1) is 22.3. The Morgan fingerprint density at radius 3 is 2.43 bits per heavy atom. The molecule has 0 heterocycles. The second-order valence-electron chi connectivity index (χ2n) is 4.71. The minimum absolute atomic E-state index is 0. The molecule has 1 amide bonds. The zero-order valence-corrected chi connectivity index (χ0v) is 14.2. The Labute approximate surface area is 140 Å². The monoisotopic (exact) mass is 335 g/mol. The lowest BCUT2D eigenvalue weighted by atomic mass is 10.2. The Hall–Kier alpha value is -0.970. The third kappa shape index (κ3) is 10.4. The predicted molar refractivity (Wildman–Crippen MR) is 94.7 cm³/mol. The highest BCUT2D eigenvalue weighted by molar-refractivity contribution is 5.85. The second-order valence-corrected chi connectivity index (χ2v) is 4.71. The van der Waals surface area contributed by atoms with Crippen LogP contribution in [0.4, 0.5) is 5.69 Å². The maximum absolute atomic E-state index is 11.3. The molecule has 0 spiro atoms. The maximum Gasteiger partial charge on any atom is 0.220 e. The Kier molecular flexibility index (Phi) is 14.9. The Bertz CT molecular complexity index is 363. The van der Waals surface area contributed by atoms with Gasteiger partial charge in [0.1, 0.15) is 0 Å². The fraction of sp³-hybridized carbons (Fsp3) is 0.533. The van der Waals surface area contributed by atoms with E-state index in [0.717, 1.165) is 32.4 Å². The van der Waals surface area contributed by atoms with Crippen LogP contribution in [-0.4, -0.2) is 32.6 Å². The number of benzene rings is 1. The summed E-state index contributed by atoms with van der Waals surface area (Å²) >= 11 is 0. The van der Waals surface area contributed by atoms with Gasteiger partial charge in [0.25, 0.3) is 0 Å². The van der Waals surface area contributed by atoms with Crippen LogP contribution < -0.4 is 16.0 Å². The number of hydrogen-bond donors (Lipinski definition) is 2. The van der Waals surface area contributed by atoms with E-state index in [0.29, 0.717) is 13.0 Å². The van der Waals surface area contributed by atoms with Crippen LogP contribution in [-0.2, 0) is 4.79 Å². The van der Waals surface area contributed by atoms with Gasteiger partial charge >= 0.3 is 0 Å². The van der Waals surface area contributed by atoms with E-state index in [1.54, 1.807) is 0 Å². The molecular weight excluding hydrogens is 309 g/mol. The third-order valence-electron chi connectivity index (χ3n) is 3.05.